The fourth-order valence-electron chi connectivity index (χ4n) is 1.09. The number of hydrogen-bond acceptors (Lipinski definition) is 4. The van der Waals surface area contributed by atoms with Crippen LogP contribution in [0.4, 0.5) is 4.79 Å². The van der Waals surface area contributed by atoms with Crippen LogP contribution in [0.3, 0.4) is 0 Å². The molecule has 1 rings (SSSR count). The lowest BCUT2D eigenvalue weighted by atomic mass is 10.2. The molecule has 1 saturated heterocycles. The number of thioether (sulfide) groups is 1. The molecule has 7 heteroatoms. The first-order chi connectivity index (χ1) is 7.32. The van der Waals surface area contributed by atoms with E-state index >= 15 is 0 Å². The van der Waals surface area contributed by atoms with Gasteiger partial charge < -0.3 is 5.32 Å². The Balaban J connectivity index is 2.33. The molecule has 1 N–H and O–H groups in total. The summed E-state index contributed by atoms with van der Waals surface area (Å²) < 4.78 is -0.638. The van der Waals surface area contributed by atoms with Crippen molar-refractivity contribution in [1.82, 2.24) is 10.2 Å². The number of carbonyl (C=O) groups excluding carboxylic acids is 3. The molecule has 5 nitrogen and oxygen atoms in total. The maximum absolute atomic E-state index is 11.4. The van der Waals surface area contributed by atoms with Gasteiger partial charge in [0.15, 0.2) is 0 Å². The Morgan fingerprint density at radius 2 is 2.19 bits per heavy atom. The minimum absolute atomic E-state index is 0.167. The van der Waals surface area contributed by atoms with Crippen LogP contribution >= 0.6 is 27.7 Å². The van der Waals surface area contributed by atoms with Gasteiger partial charge in [0.2, 0.25) is 11.8 Å². The van der Waals surface area contributed by atoms with E-state index in [2.05, 4.69) is 21.2 Å². The molecule has 90 valence electrons. The molecule has 3 amide bonds. The van der Waals surface area contributed by atoms with Crippen molar-refractivity contribution >= 4 is 44.7 Å². The molecule has 0 saturated carbocycles. The van der Waals surface area contributed by atoms with Crippen LogP contribution in [0.5, 0.6) is 0 Å². The van der Waals surface area contributed by atoms with Crippen molar-refractivity contribution in [3.63, 3.8) is 0 Å². The van der Waals surface area contributed by atoms with Crippen LogP contribution < -0.4 is 5.32 Å². The fraction of sp³-hybridized carbons (Fsp3) is 0.667. The lowest BCUT2D eigenvalue weighted by Gasteiger charge is -2.17. The third kappa shape index (κ3) is 3.48. The van der Waals surface area contributed by atoms with E-state index in [9.17, 15) is 14.4 Å². The van der Waals surface area contributed by atoms with Gasteiger partial charge >= 0.3 is 0 Å². The number of rotatable bonds is 4. The van der Waals surface area contributed by atoms with E-state index < -0.39 is 4.32 Å². The number of imide groups is 1. The first-order valence-electron chi connectivity index (χ1n) is 4.76. The molecule has 1 fully saturated rings. The van der Waals surface area contributed by atoms with Crippen LogP contribution in [-0.4, -0.2) is 45.1 Å². The van der Waals surface area contributed by atoms with Crippen molar-refractivity contribution in [2.24, 2.45) is 0 Å². The van der Waals surface area contributed by atoms with Gasteiger partial charge in [-0.25, -0.2) is 0 Å². The van der Waals surface area contributed by atoms with Crippen molar-refractivity contribution in [3.05, 3.63) is 0 Å². The summed E-state index contributed by atoms with van der Waals surface area (Å²) >= 11 is 4.21. The Bertz CT molecular complexity index is 311. The maximum Gasteiger partial charge on any atom is 0.288 e. The van der Waals surface area contributed by atoms with Crippen LogP contribution in [0.15, 0.2) is 0 Å². The molecule has 0 spiro atoms. The molecule has 0 aromatic carbocycles. The summed E-state index contributed by atoms with van der Waals surface area (Å²) in [4.78, 5) is 35.0. The predicted molar refractivity (Wildman–Crippen MR) is 65.6 cm³/mol. The summed E-state index contributed by atoms with van der Waals surface area (Å²) in [6.45, 7) is 3.97. The second kappa shape index (κ2) is 5.18. The highest BCUT2D eigenvalue weighted by Crippen LogP contribution is 2.18. The summed E-state index contributed by atoms with van der Waals surface area (Å²) in [6, 6.07) is 0. The number of hydrogen-bond donors (Lipinski definition) is 1. The van der Waals surface area contributed by atoms with Crippen LogP contribution in [0.1, 0.15) is 13.8 Å². The summed E-state index contributed by atoms with van der Waals surface area (Å²) in [5.41, 5.74) is 0. The second-order valence-electron chi connectivity index (χ2n) is 3.83. The van der Waals surface area contributed by atoms with Gasteiger partial charge in [0, 0.05) is 13.1 Å². The standard InChI is InChI=1S/C9H13BrN2O3S/c1-9(2,10)7(14)11-3-4-12-6(13)5-16-8(12)15/h3-5H2,1-2H3,(H,11,14). The van der Waals surface area contributed by atoms with Crippen LogP contribution in [0.25, 0.3) is 0 Å². The minimum atomic E-state index is -0.638. The third-order valence-electron chi connectivity index (χ3n) is 2.00. The minimum Gasteiger partial charge on any atom is -0.353 e. The molecule has 1 aliphatic rings. The Hall–Kier alpha value is -0.560. The fourth-order valence-corrected chi connectivity index (χ4v) is 1.98. The summed E-state index contributed by atoms with van der Waals surface area (Å²) in [7, 11) is 0. The molecule has 0 atom stereocenters. The molecule has 0 bridgehead atoms. The highest BCUT2D eigenvalue weighted by molar-refractivity contribution is 9.10. The number of alkyl halides is 1. The Morgan fingerprint density at radius 3 is 2.62 bits per heavy atom. The highest BCUT2D eigenvalue weighted by atomic mass is 79.9. The summed E-state index contributed by atoms with van der Waals surface area (Å²) in [5.74, 6) is -0.155. The van der Waals surface area contributed by atoms with Crippen molar-refractivity contribution in [3.8, 4) is 0 Å². The van der Waals surface area contributed by atoms with E-state index in [1.807, 2.05) is 0 Å². The Kier molecular flexibility index (Phi) is 4.37. The maximum atomic E-state index is 11.4. The van der Waals surface area contributed by atoms with E-state index in [-0.39, 0.29) is 35.9 Å². The summed E-state index contributed by atoms with van der Waals surface area (Å²) in [5, 5.41) is 2.41. The second-order valence-corrected chi connectivity index (χ2v) is 6.74. The van der Waals surface area contributed by atoms with Crippen molar-refractivity contribution in [2.45, 2.75) is 18.2 Å². The van der Waals surface area contributed by atoms with Gasteiger partial charge in [-0.15, -0.1) is 0 Å². The largest absolute Gasteiger partial charge is 0.353 e. The van der Waals surface area contributed by atoms with E-state index in [1.165, 1.54) is 0 Å². The van der Waals surface area contributed by atoms with Gasteiger partial charge in [-0.2, -0.15) is 0 Å². The number of nitrogens with zero attached hydrogens (tertiary/aromatic N) is 1. The van der Waals surface area contributed by atoms with Gasteiger partial charge in [0.1, 0.15) is 0 Å². The number of amides is 3. The zero-order valence-corrected chi connectivity index (χ0v) is 11.5. The topological polar surface area (TPSA) is 66.5 Å². The van der Waals surface area contributed by atoms with E-state index in [4.69, 9.17) is 0 Å². The number of halogens is 1. The van der Waals surface area contributed by atoms with Gasteiger partial charge in [0.25, 0.3) is 5.24 Å². The molecule has 0 radical (unpaired) electrons. The quantitative estimate of drug-likeness (QED) is 0.786. The summed E-state index contributed by atoms with van der Waals surface area (Å²) in [6.07, 6.45) is 0. The average molecular weight is 309 g/mol. The average Bonchev–Trinajstić information content (AvgIpc) is 2.47. The molecule has 0 aromatic heterocycles. The number of nitrogens with one attached hydrogen (secondary N) is 1. The van der Waals surface area contributed by atoms with Gasteiger partial charge in [-0.05, 0) is 13.8 Å². The van der Waals surface area contributed by atoms with E-state index in [1.54, 1.807) is 13.8 Å². The van der Waals surface area contributed by atoms with Crippen LogP contribution in [0.2, 0.25) is 0 Å². The lowest BCUT2D eigenvalue weighted by Crippen LogP contribution is -2.42. The monoisotopic (exact) mass is 308 g/mol. The zero-order chi connectivity index (χ0) is 12.3. The molecule has 16 heavy (non-hydrogen) atoms. The molecule has 0 aliphatic carbocycles. The molecule has 1 heterocycles. The van der Waals surface area contributed by atoms with Gasteiger partial charge in [-0.3, -0.25) is 19.3 Å². The van der Waals surface area contributed by atoms with Crippen LogP contribution in [0, 0.1) is 0 Å². The number of carbonyl (C=O) groups is 3. The van der Waals surface area contributed by atoms with Gasteiger partial charge in [0.05, 0.1) is 10.1 Å². The van der Waals surface area contributed by atoms with Crippen LogP contribution in [-0.2, 0) is 9.59 Å². The van der Waals surface area contributed by atoms with Gasteiger partial charge in [-0.1, -0.05) is 27.7 Å². The normalized spacial score (nSPS) is 16.8. The van der Waals surface area contributed by atoms with E-state index in [0.717, 1.165) is 16.7 Å². The predicted octanol–water partition coefficient (Wildman–Crippen LogP) is 0.972. The molecule has 0 unspecified atom stereocenters. The molecular formula is C9H13BrN2O3S. The van der Waals surface area contributed by atoms with Crippen molar-refractivity contribution in [2.75, 3.05) is 18.8 Å². The van der Waals surface area contributed by atoms with Crippen molar-refractivity contribution < 1.29 is 14.4 Å². The van der Waals surface area contributed by atoms with E-state index in [0.29, 0.717) is 0 Å². The van der Waals surface area contributed by atoms with Crippen molar-refractivity contribution in [1.29, 1.82) is 0 Å². The molecule has 0 aromatic rings. The Labute approximate surface area is 106 Å². The highest BCUT2D eigenvalue weighted by Gasteiger charge is 2.30. The Morgan fingerprint density at radius 1 is 1.56 bits per heavy atom. The SMILES string of the molecule is CC(C)(Br)C(=O)NCCN1C(=O)CSC1=O. The molecular weight excluding hydrogens is 296 g/mol. The first-order valence-corrected chi connectivity index (χ1v) is 6.54. The third-order valence-corrected chi connectivity index (χ3v) is 3.22. The lowest BCUT2D eigenvalue weighted by molar-refractivity contribution is -0.126. The smallest absolute Gasteiger partial charge is 0.288 e. The zero-order valence-electron chi connectivity index (χ0n) is 9.08. The first kappa shape index (κ1) is 13.5. The molecule has 1 aliphatic heterocycles.